The van der Waals surface area contributed by atoms with Crippen LogP contribution in [0.15, 0.2) is 23.4 Å². The molecule has 1 atom stereocenters. The van der Waals surface area contributed by atoms with Gasteiger partial charge in [0.25, 0.3) is 0 Å². The fourth-order valence-corrected chi connectivity index (χ4v) is 2.12. The lowest BCUT2D eigenvalue weighted by atomic mass is 9.92. The van der Waals surface area contributed by atoms with Crippen molar-refractivity contribution in [3.8, 4) is 0 Å². The molecule has 2 heteroatoms. The van der Waals surface area contributed by atoms with Crippen LogP contribution in [0.5, 0.6) is 0 Å². The first kappa shape index (κ1) is 13.3. The Morgan fingerprint density at radius 2 is 1.94 bits per heavy atom. The molecule has 1 N–H and O–H groups in total. The van der Waals surface area contributed by atoms with Crippen molar-refractivity contribution >= 4 is 0 Å². The van der Waals surface area contributed by atoms with Crippen molar-refractivity contribution in [2.24, 2.45) is 5.92 Å². The first-order valence-electron chi connectivity index (χ1n) is 6.29. The van der Waals surface area contributed by atoms with Crippen LogP contribution in [0, 0.1) is 5.92 Å². The molecule has 1 saturated heterocycles. The van der Waals surface area contributed by atoms with Gasteiger partial charge in [0.2, 0.25) is 0 Å². The first-order valence-corrected chi connectivity index (χ1v) is 6.29. The number of ether oxygens (including phenoxy) is 1. The molecule has 0 radical (unpaired) electrons. The lowest BCUT2D eigenvalue weighted by Crippen LogP contribution is -2.35. The Hall–Kier alpha value is -0.760. The van der Waals surface area contributed by atoms with Crippen LogP contribution in [0.2, 0.25) is 0 Å². The third-order valence-electron chi connectivity index (χ3n) is 3.12. The summed E-state index contributed by atoms with van der Waals surface area (Å²) >= 11 is 0. The van der Waals surface area contributed by atoms with Crippen molar-refractivity contribution in [2.75, 3.05) is 13.2 Å². The monoisotopic (exact) mass is 223 g/mol. The standard InChI is InChI=1S/C14H25NO/c1-5-14(10-11(2)3)15-12(4)13-6-8-16-9-7-13/h5,10,12-13,15H,6-9H2,1-4H3/b14-5+/t12-/m0/s1. The van der Waals surface area contributed by atoms with E-state index in [4.69, 9.17) is 4.74 Å². The maximum atomic E-state index is 5.39. The minimum absolute atomic E-state index is 0.533. The van der Waals surface area contributed by atoms with E-state index in [0.29, 0.717) is 6.04 Å². The average molecular weight is 223 g/mol. The van der Waals surface area contributed by atoms with Gasteiger partial charge < -0.3 is 10.1 Å². The van der Waals surface area contributed by atoms with Gasteiger partial charge in [-0.25, -0.2) is 0 Å². The van der Waals surface area contributed by atoms with Crippen LogP contribution >= 0.6 is 0 Å². The summed E-state index contributed by atoms with van der Waals surface area (Å²) in [7, 11) is 0. The molecule has 0 bridgehead atoms. The van der Waals surface area contributed by atoms with E-state index < -0.39 is 0 Å². The molecule has 1 aliphatic heterocycles. The lowest BCUT2D eigenvalue weighted by Gasteiger charge is -2.29. The molecule has 0 aromatic heterocycles. The Balaban J connectivity index is 2.48. The quantitative estimate of drug-likeness (QED) is 0.739. The van der Waals surface area contributed by atoms with Gasteiger partial charge in [-0.2, -0.15) is 0 Å². The van der Waals surface area contributed by atoms with Gasteiger partial charge in [0.05, 0.1) is 0 Å². The molecule has 0 amide bonds. The number of nitrogens with one attached hydrogen (secondary N) is 1. The predicted octanol–water partition coefficient (Wildman–Crippen LogP) is 3.26. The average Bonchev–Trinajstić information content (AvgIpc) is 2.28. The van der Waals surface area contributed by atoms with Crippen LogP contribution in [0.3, 0.4) is 0 Å². The van der Waals surface area contributed by atoms with E-state index in [1.807, 2.05) is 0 Å². The second-order valence-electron chi connectivity index (χ2n) is 4.85. The Morgan fingerprint density at radius 3 is 2.44 bits per heavy atom. The van der Waals surface area contributed by atoms with Crippen LogP contribution in [-0.2, 0) is 4.74 Å². The molecule has 2 nitrogen and oxygen atoms in total. The summed E-state index contributed by atoms with van der Waals surface area (Å²) in [6.45, 7) is 10.5. The molecule has 1 fully saturated rings. The fraction of sp³-hybridized carbons (Fsp3) is 0.714. The lowest BCUT2D eigenvalue weighted by molar-refractivity contribution is 0.0573. The summed E-state index contributed by atoms with van der Waals surface area (Å²) in [6, 6.07) is 0.533. The van der Waals surface area contributed by atoms with Crippen molar-refractivity contribution in [3.63, 3.8) is 0 Å². The molecule has 0 aromatic rings. The van der Waals surface area contributed by atoms with Crippen LogP contribution in [0.1, 0.15) is 40.5 Å². The van der Waals surface area contributed by atoms with Gasteiger partial charge in [0, 0.05) is 25.0 Å². The molecule has 1 aliphatic rings. The van der Waals surface area contributed by atoms with E-state index in [-0.39, 0.29) is 0 Å². The van der Waals surface area contributed by atoms with Crippen molar-refractivity contribution in [1.82, 2.24) is 5.32 Å². The maximum absolute atomic E-state index is 5.39. The van der Waals surface area contributed by atoms with E-state index in [0.717, 1.165) is 19.1 Å². The minimum atomic E-state index is 0.533. The van der Waals surface area contributed by atoms with Gasteiger partial charge >= 0.3 is 0 Å². The second-order valence-corrected chi connectivity index (χ2v) is 4.85. The Bertz CT molecular complexity index is 258. The van der Waals surface area contributed by atoms with Crippen LogP contribution in [0.4, 0.5) is 0 Å². The number of hydrogen-bond donors (Lipinski definition) is 1. The third-order valence-corrected chi connectivity index (χ3v) is 3.12. The van der Waals surface area contributed by atoms with Gasteiger partial charge in [0.15, 0.2) is 0 Å². The zero-order chi connectivity index (χ0) is 12.0. The van der Waals surface area contributed by atoms with E-state index in [1.165, 1.54) is 24.1 Å². The van der Waals surface area contributed by atoms with Gasteiger partial charge in [-0.15, -0.1) is 0 Å². The van der Waals surface area contributed by atoms with E-state index in [9.17, 15) is 0 Å². The summed E-state index contributed by atoms with van der Waals surface area (Å²) in [5, 5.41) is 3.60. The summed E-state index contributed by atoms with van der Waals surface area (Å²) in [6.07, 6.45) is 6.71. The Kier molecular flexibility index (Phi) is 5.61. The minimum Gasteiger partial charge on any atom is -0.383 e. The summed E-state index contributed by atoms with van der Waals surface area (Å²) < 4.78 is 5.39. The van der Waals surface area contributed by atoms with Crippen molar-refractivity contribution in [3.05, 3.63) is 23.4 Å². The fourth-order valence-electron chi connectivity index (χ4n) is 2.12. The molecule has 92 valence electrons. The Morgan fingerprint density at radius 1 is 1.31 bits per heavy atom. The summed E-state index contributed by atoms with van der Waals surface area (Å²) in [5.41, 5.74) is 2.57. The Labute approximate surface area is 99.8 Å². The van der Waals surface area contributed by atoms with Gasteiger partial charge in [0.1, 0.15) is 0 Å². The maximum Gasteiger partial charge on any atom is 0.0469 e. The van der Waals surface area contributed by atoms with E-state index in [1.54, 1.807) is 0 Å². The largest absolute Gasteiger partial charge is 0.383 e. The van der Waals surface area contributed by atoms with Gasteiger partial charge in [-0.05, 0) is 52.5 Å². The molecule has 1 heterocycles. The molecule has 16 heavy (non-hydrogen) atoms. The summed E-state index contributed by atoms with van der Waals surface area (Å²) in [4.78, 5) is 0. The number of rotatable bonds is 4. The van der Waals surface area contributed by atoms with E-state index in [2.05, 4.69) is 45.2 Å². The topological polar surface area (TPSA) is 21.3 Å². The molecule has 0 spiro atoms. The van der Waals surface area contributed by atoms with Crippen LogP contribution in [0.25, 0.3) is 0 Å². The zero-order valence-corrected chi connectivity index (χ0v) is 11.0. The molecule has 0 unspecified atom stereocenters. The zero-order valence-electron chi connectivity index (χ0n) is 11.0. The highest BCUT2D eigenvalue weighted by Gasteiger charge is 2.20. The van der Waals surface area contributed by atoms with Crippen molar-refractivity contribution < 1.29 is 4.74 Å². The molecular formula is C14H25NO. The smallest absolute Gasteiger partial charge is 0.0469 e. The summed E-state index contributed by atoms with van der Waals surface area (Å²) in [5.74, 6) is 0.745. The van der Waals surface area contributed by atoms with E-state index >= 15 is 0 Å². The molecule has 0 aromatic carbocycles. The predicted molar refractivity (Wildman–Crippen MR) is 69.3 cm³/mol. The highest BCUT2D eigenvalue weighted by atomic mass is 16.5. The van der Waals surface area contributed by atoms with Crippen LogP contribution in [-0.4, -0.2) is 19.3 Å². The highest BCUT2D eigenvalue weighted by molar-refractivity contribution is 5.20. The SMILES string of the molecule is C/C=C(\C=C(C)C)N[C@@H](C)C1CCOCC1. The van der Waals surface area contributed by atoms with Crippen molar-refractivity contribution in [2.45, 2.75) is 46.6 Å². The number of allylic oxidation sites excluding steroid dienone is 3. The van der Waals surface area contributed by atoms with Gasteiger partial charge in [-0.1, -0.05) is 11.6 Å². The van der Waals surface area contributed by atoms with Crippen LogP contribution < -0.4 is 5.32 Å². The van der Waals surface area contributed by atoms with Gasteiger partial charge in [-0.3, -0.25) is 0 Å². The second kappa shape index (κ2) is 6.74. The molecular weight excluding hydrogens is 198 g/mol. The molecule has 1 rings (SSSR count). The number of hydrogen-bond acceptors (Lipinski definition) is 2. The third kappa shape index (κ3) is 4.40. The van der Waals surface area contributed by atoms with Crippen molar-refractivity contribution in [1.29, 1.82) is 0 Å². The normalized spacial score (nSPS) is 20.4. The highest BCUT2D eigenvalue weighted by Crippen LogP contribution is 2.19. The molecule has 0 aliphatic carbocycles. The first-order chi connectivity index (χ1) is 7.63. The molecule has 0 saturated carbocycles.